The van der Waals surface area contributed by atoms with Crippen molar-refractivity contribution in [2.75, 3.05) is 23.7 Å². The Morgan fingerprint density at radius 2 is 1.33 bits per heavy atom. The van der Waals surface area contributed by atoms with E-state index in [9.17, 15) is 13.2 Å². The molecule has 0 bridgehead atoms. The number of nitrogens with one attached hydrogen (secondary N) is 1. The summed E-state index contributed by atoms with van der Waals surface area (Å²) in [6.07, 6.45) is 1.18. The first-order valence-electron chi connectivity index (χ1n) is 12.6. The lowest BCUT2D eigenvalue weighted by Crippen LogP contribution is -2.29. The molecule has 0 aliphatic carbocycles. The highest BCUT2D eigenvalue weighted by Gasteiger charge is 2.18. The zero-order valence-corrected chi connectivity index (χ0v) is 22.6. The molecule has 0 saturated carbocycles. The monoisotopic (exact) mass is 544 g/mol. The first-order chi connectivity index (χ1) is 18.9. The predicted molar refractivity (Wildman–Crippen MR) is 153 cm³/mol. The second kappa shape index (κ2) is 13.6. The highest BCUT2D eigenvalue weighted by molar-refractivity contribution is 7.92. The van der Waals surface area contributed by atoms with Crippen LogP contribution in [-0.2, 0) is 34.5 Å². The topological polar surface area (TPSA) is 84.9 Å². The molecule has 0 fully saturated rings. The Bertz CT molecular complexity index is 1430. The molecule has 0 aliphatic rings. The van der Waals surface area contributed by atoms with Crippen LogP contribution in [0.2, 0.25) is 0 Å². The Morgan fingerprint density at radius 1 is 0.744 bits per heavy atom. The molecule has 39 heavy (non-hydrogen) atoms. The van der Waals surface area contributed by atoms with Crippen LogP contribution in [0.4, 0.5) is 5.69 Å². The molecule has 4 aromatic carbocycles. The van der Waals surface area contributed by atoms with Gasteiger partial charge < -0.3 is 14.8 Å². The summed E-state index contributed by atoms with van der Waals surface area (Å²) < 4.78 is 37.9. The van der Waals surface area contributed by atoms with Gasteiger partial charge in [-0.25, -0.2) is 8.42 Å². The number of benzene rings is 4. The quantitative estimate of drug-likeness (QED) is 0.235. The fourth-order valence-corrected chi connectivity index (χ4v) is 4.77. The normalized spacial score (nSPS) is 11.1. The highest BCUT2D eigenvalue weighted by atomic mass is 32.2. The minimum absolute atomic E-state index is 0.137. The van der Waals surface area contributed by atoms with Gasteiger partial charge in [0.15, 0.2) is 0 Å². The second-order valence-electron chi connectivity index (χ2n) is 9.03. The van der Waals surface area contributed by atoms with Gasteiger partial charge in [-0.3, -0.25) is 9.10 Å². The molecule has 202 valence electrons. The molecule has 0 spiro atoms. The molecule has 0 heterocycles. The molecule has 0 unspecified atom stereocenters. The third-order valence-corrected chi connectivity index (χ3v) is 7.10. The fraction of sp³-hybridized carbons (Fsp3) is 0.194. The van der Waals surface area contributed by atoms with Crippen molar-refractivity contribution in [1.82, 2.24) is 5.32 Å². The predicted octanol–water partition coefficient (Wildman–Crippen LogP) is 5.18. The Morgan fingerprint density at radius 3 is 1.92 bits per heavy atom. The standard InChI is InChI=1S/C31H32N2O5S/c1-39(35,36)33(29-16-18-30(19-17-29)38-24-27-10-6-3-7-11-27)22-25-12-14-28(15-13-25)31(34)32-20-21-37-23-26-8-4-2-5-9-26/h2-19H,20-24H2,1H3,(H,32,34). The van der Waals surface area contributed by atoms with Gasteiger partial charge in [-0.2, -0.15) is 0 Å². The number of sulfonamides is 1. The molecule has 0 saturated heterocycles. The van der Waals surface area contributed by atoms with Crippen LogP contribution in [0.25, 0.3) is 0 Å². The van der Waals surface area contributed by atoms with Crippen molar-refractivity contribution in [3.63, 3.8) is 0 Å². The number of rotatable bonds is 13. The summed E-state index contributed by atoms with van der Waals surface area (Å²) in [5.74, 6) is 0.438. The lowest BCUT2D eigenvalue weighted by atomic mass is 10.1. The van der Waals surface area contributed by atoms with E-state index in [0.29, 0.717) is 43.4 Å². The smallest absolute Gasteiger partial charge is 0.251 e. The minimum atomic E-state index is -3.55. The number of ether oxygens (including phenoxy) is 2. The lowest BCUT2D eigenvalue weighted by molar-refractivity contribution is 0.0901. The first kappa shape index (κ1) is 27.9. The first-order valence-corrected chi connectivity index (χ1v) is 14.5. The number of anilines is 1. The highest BCUT2D eigenvalue weighted by Crippen LogP contribution is 2.24. The Balaban J connectivity index is 1.29. The van der Waals surface area contributed by atoms with Crippen LogP contribution in [0.5, 0.6) is 5.75 Å². The van der Waals surface area contributed by atoms with Crippen LogP contribution >= 0.6 is 0 Å². The average Bonchev–Trinajstić information content (AvgIpc) is 2.96. The molecule has 0 aromatic heterocycles. The number of carbonyl (C=O) groups is 1. The van der Waals surface area contributed by atoms with E-state index < -0.39 is 10.0 Å². The summed E-state index contributed by atoms with van der Waals surface area (Å²) in [4.78, 5) is 12.5. The van der Waals surface area contributed by atoms with E-state index in [2.05, 4.69) is 5.32 Å². The second-order valence-corrected chi connectivity index (χ2v) is 10.9. The van der Waals surface area contributed by atoms with Gasteiger partial charge >= 0.3 is 0 Å². The molecular formula is C31H32N2O5S. The summed E-state index contributed by atoms with van der Waals surface area (Å²) in [5, 5.41) is 2.84. The summed E-state index contributed by atoms with van der Waals surface area (Å²) in [6.45, 7) is 1.85. The molecular weight excluding hydrogens is 512 g/mol. The van der Waals surface area contributed by atoms with Crippen molar-refractivity contribution in [2.45, 2.75) is 19.8 Å². The molecule has 0 radical (unpaired) electrons. The Labute approximate surface area is 230 Å². The summed E-state index contributed by atoms with van der Waals surface area (Å²) >= 11 is 0. The molecule has 0 aliphatic heterocycles. The van der Waals surface area contributed by atoms with Crippen molar-refractivity contribution in [3.8, 4) is 5.75 Å². The van der Waals surface area contributed by atoms with Gasteiger partial charge in [0.25, 0.3) is 5.91 Å². The number of hydrogen-bond acceptors (Lipinski definition) is 5. The average molecular weight is 545 g/mol. The van der Waals surface area contributed by atoms with Crippen LogP contribution < -0.4 is 14.4 Å². The molecule has 4 rings (SSSR count). The maximum Gasteiger partial charge on any atom is 0.251 e. The Kier molecular flexibility index (Phi) is 9.72. The third kappa shape index (κ3) is 8.70. The van der Waals surface area contributed by atoms with Gasteiger partial charge in [-0.15, -0.1) is 0 Å². The molecule has 4 aromatic rings. The van der Waals surface area contributed by atoms with Crippen LogP contribution in [-0.4, -0.2) is 33.7 Å². The van der Waals surface area contributed by atoms with Crippen LogP contribution in [0.1, 0.15) is 27.0 Å². The van der Waals surface area contributed by atoms with Gasteiger partial charge in [0.2, 0.25) is 10.0 Å². The van der Waals surface area contributed by atoms with Crippen molar-refractivity contribution >= 4 is 21.6 Å². The zero-order chi connectivity index (χ0) is 27.5. The van der Waals surface area contributed by atoms with Crippen LogP contribution in [0.3, 0.4) is 0 Å². The molecule has 8 heteroatoms. The van der Waals surface area contributed by atoms with E-state index in [4.69, 9.17) is 9.47 Å². The van der Waals surface area contributed by atoms with Crippen molar-refractivity contribution in [2.24, 2.45) is 0 Å². The third-order valence-electron chi connectivity index (χ3n) is 5.96. The van der Waals surface area contributed by atoms with E-state index in [-0.39, 0.29) is 12.5 Å². The molecule has 1 N–H and O–H groups in total. The number of carbonyl (C=O) groups excluding carboxylic acids is 1. The molecule has 7 nitrogen and oxygen atoms in total. The van der Waals surface area contributed by atoms with Gasteiger partial charge in [0, 0.05) is 12.1 Å². The summed E-state index contributed by atoms with van der Waals surface area (Å²) in [5.41, 5.74) is 3.91. The molecule has 1 amide bonds. The largest absolute Gasteiger partial charge is 0.489 e. The number of nitrogens with zero attached hydrogens (tertiary/aromatic N) is 1. The van der Waals surface area contributed by atoms with Gasteiger partial charge in [0.1, 0.15) is 12.4 Å². The van der Waals surface area contributed by atoms with Gasteiger partial charge in [-0.05, 0) is 53.1 Å². The van der Waals surface area contributed by atoms with Crippen molar-refractivity contribution in [3.05, 3.63) is 131 Å². The summed E-state index contributed by atoms with van der Waals surface area (Å²) in [6, 6.07) is 33.5. The van der Waals surface area contributed by atoms with E-state index in [0.717, 1.165) is 16.7 Å². The number of hydrogen-bond donors (Lipinski definition) is 1. The van der Waals surface area contributed by atoms with E-state index >= 15 is 0 Å². The van der Waals surface area contributed by atoms with Crippen molar-refractivity contribution in [1.29, 1.82) is 0 Å². The molecule has 0 atom stereocenters. The Hall–Kier alpha value is -4.14. The van der Waals surface area contributed by atoms with E-state index in [1.165, 1.54) is 10.6 Å². The maximum atomic E-state index is 12.6. The van der Waals surface area contributed by atoms with E-state index in [1.54, 1.807) is 48.5 Å². The van der Waals surface area contributed by atoms with E-state index in [1.807, 2.05) is 60.7 Å². The van der Waals surface area contributed by atoms with Gasteiger partial charge in [0.05, 0.1) is 31.7 Å². The number of amides is 1. The van der Waals surface area contributed by atoms with Crippen LogP contribution in [0, 0.1) is 0 Å². The zero-order valence-electron chi connectivity index (χ0n) is 21.8. The lowest BCUT2D eigenvalue weighted by Gasteiger charge is -2.23. The van der Waals surface area contributed by atoms with Gasteiger partial charge in [-0.1, -0.05) is 72.8 Å². The van der Waals surface area contributed by atoms with Crippen LogP contribution in [0.15, 0.2) is 109 Å². The minimum Gasteiger partial charge on any atom is -0.489 e. The van der Waals surface area contributed by atoms with Crippen molar-refractivity contribution < 1.29 is 22.7 Å². The fourth-order valence-electron chi connectivity index (χ4n) is 3.88. The summed E-state index contributed by atoms with van der Waals surface area (Å²) in [7, 11) is -3.55. The SMILES string of the molecule is CS(=O)(=O)N(Cc1ccc(C(=O)NCCOCc2ccccc2)cc1)c1ccc(OCc2ccccc2)cc1. The maximum absolute atomic E-state index is 12.6.